The van der Waals surface area contributed by atoms with Crippen LogP contribution in [0.1, 0.15) is 11.3 Å². The number of nitrogens with zero attached hydrogens (tertiary/aromatic N) is 1. The Kier molecular flexibility index (Phi) is 5.46. The van der Waals surface area contributed by atoms with Crippen LogP contribution in [0.25, 0.3) is 11.0 Å². The maximum Gasteiger partial charge on any atom is 0.139 e. The van der Waals surface area contributed by atoms with Crippen LogP contribution in [0.5, 0.6) is 0 Å². The number of aromatic nitrogens is 2. The van der Waals surface area contributed by atoms with Gasteiger partial charge in [-0.1, -0.05) is 6.07 Å². The van der Waals surface area contributed by atoms with Gasteiger partial charge >= 0.3 is 0 Å². The standard InChI is InChI=1S/C16H15FN4.2ClH/c17-10-2-1-3-11(8-10)20-14-5-7-19-16-15(14)12-9-18-6-4-13(12)21-16;;/h1-3,5,7-8,18H,4,6,9H2,(H2,19,20,21);2*1H. The van der Waals surface area contributed by atoms with E-state index in [-0.39, 0.29) is 30.6 Å². The summed E-state index contributed by atoms with van der Waals surface area (Å²) in [6.07, 6.45) is 2.74. The molecule has 0 aliphatic carbocycles. The Hall–Kier alpha value is -1.82. The van der Waals surface area contributed by atoms with Crippen LogP contribution in [0.3, 0.4) is 0 Å². The third kappa shape index (κ3) is 3.27. The fraction of sp³-hybridized carbons (Fsp3) is 0.188. The van der Waals surface area contributed by atoms with E-state index in [4.69, 9.17) is 0 Å². The largest absolute Gasteiger partial charge is 0.355 e. The zero-order valence-electron chi connectivity index (χ0n) is 12.2. The van der Waals surface area contributed by atoms with Crippen LogP contribution in [0, 0.1) is 5.82 Å². The SMILES string of the molecule is Cl.Cl.Fc1cccc(Nc2ccnc3[nH]c4c(c23)CNCC4)c1. The first kappa shape index (κ1) is 17.5. The van der Waals surface area contributed by atoms with E-state index in [1.807, 2.05) is 12.1 Å². The van der Waals surface area contributed by atoms with Gasteiger partial charge in [0.1, 0.15) is 11.5 Å². The average Bonchev–Trinajstić information content (AvgIpc) is 2.87. The fourth-order valence-corrected chi connectivity index (χ4v) is 2.89. The lowest BCUT2D eigenvalue weighted by Gasteiger charge is -2.14. The molecule has 122 valence electrons. The van der Waals surface area contributed by atoms with E-state index in [0.717, 1.165) is 41.9 Å². The zero-order valence-corrected chi connectivity index (χ0v) is 13.9. The molecule has 0 saturated heterocycles. The molecule has 0 bridgehead atoms. The lowest BCUT2D eigenvalue weighted by atomic mass is 10.1. The quantitative estimate of drug-likeness (QED) is 0.653. The van der Waals surface area contributed by atoms with Crippen LogP contribution in [-0.2, 0) is 13.0 Å². The highest BCUT2D eigenvalue weighted by Crippen LogP contribution is 2.31. The van der Waals surface area contributed by atoms with Crippen molar-refractivity contribution in [3.63, 3.8) is 0 Å². The third-order valence-electron chi connectivity index (χ3n) is 3.84. The van der Waals surface area contributed by atoms with Crippen LogP contribution in [-0.4, -0.2) is 16.5 Å². The maximum absolute atomic E-state index is 13.3. The van der Waals surface area contributed by atoms with Crippen molar-refractivity contribution in [2.24, 2.45) is 0 Å². The van der Waals surface area contributed by atoms with Crippen LogP contribution < -0.4 is 10.6 Å². The number of aromatic amines is 1. The van der Waals surface area contributed by atoms with Gasteiger partial charge in [0, 0.05) is 42.5 Å². The zero-order chi connectivity index (χ0) is 14.2. The molecular formula is C16H17Cl2FN4. The topological polar surface area (TPSA) is 52.7 Å². The summed E-state index contributed by atoms with van der Waals surface area (Å²) in [5, 5.41) is 7.77. The number of hydrogen-bond donors (Lipinski definition) is 3. The number of pyridine rings is 1. The summed E-state index contributed by atoms with van der Waals surface area (Å²) in [6.45, 7) is 1.81. The molecule has 0 amide bonds. The fourth-order valence-electron chi connectivity index (χ4n) is 2.89. The van der Waals surface area contributed by atoms with Crippen LogP contribution in [0.2, 0.25) is 0 Å². The second-order valence-corrected chi connectivity index (χ2v) is 5.23. The predicted molar refractivity (Wildman–Crippen MR) is 95.7 cm³/mol. The molecule has 3 N–H and O–H groups in total. The summed E-state index contributed by atoms with van der Waals surface area (Å²) < 4.78 is 13.3. The van der Waals surface area contributed by atoms with Crippen LogP contribution in [0.15, 0.2) is 36.5 Å². The van der Waals surface area contributed by atoms with Gasteiger partial charge in [-0.3, -0.25) is 0 Å². The Morgan fingerprint density at radius 1 is 1.17 bits per heavy atom. The molecule has 1 aliphatic rings. The smallest absolute Gasteiger partial charge is 0.139 e. The third-order valence-corrected chi connectivity index (χ3v) is 3.84. The highest BCUT2D eigenvalue weighted by molar-refractivity contribution is 5.95. The van der Waals surface area contributed by atoms with Gasteiger partial charge in [-0.25, -0.2) is 9.37 Å². The van der Waals surface area contributed by atoms with Crippen molar-refractivity contribution in [3.05, 3.63) is 53.6 Å². The molecule has 23 heavy (non-hydrogen) atoms. The van der Waals surface area contributed by atoms with Gasteiger partial charge < -0.3 is 15.6 Å². The Bertz CT molecular complexity index is 819. The van der Waals surface area contributed by atoms with Crippen molar-refractivity contribution in [2.45, 2.75) is 13.0 Å². The maximum atomic E-state index is 13.3. The van der Waals surface area contributed by atoms with Crippen molar-refractivity contribution in [2.75, 3.05) is 11.9 Å². The molecule has 0 unspecified atom stereocenters. The first-order valence-corrected chi connectivity index (χ1v) is 7.03. The van der Waals surface area contributed by atoms with Gasteiger partial charge in [0.15, 0.2) is 0 Å². The first-order valence-electron chi connectivity index (χ1n) is 7.03. The van der Waals surface area contributed by atoms with Gasteiger partial charge in [0.25, 0.3) is 0 Å². The highest BCUT2D eigenvalue weighted by Gasteiger charge is 2.18. The molecule has 0 spiro atoms. The Labute approximate surface area is 145 Å². The molecule has 1 aromatic carbocycles. The molecule has 0 radical (unpaired) electrons. The first-order chi connectivity index (χ1) is 10.3. The number of anilines is 2. The van der Waals surface area contributed by atoms with Gasteiger partial charge in [-0.2, -0.15) is 0 Å². The molecule has 2 aromatic heterocycles. The Balaban J connectivity index is 0.000000960. The van der Waals surface area contributed by atoms with E-state index in [1.165, 1.54) is 23.4 Å². The monoisotopic (exact) mass is 354 g/mol. The van der Waals surface area contributed by atoms with E-state index in [1.54, 1.807) is 12.3 Å². The van der Waals surface area contributed by atoms with Crippen LogP contribution in [0.4, 0.5) is 15.8 Å². The van der Waals surface area contributed by atoms with E-state index in [2.05, 4.69) is 20.6 Å². The molecule has 4 rings (SSSR count). The second kappa shape index (κ2) is 7.17. The van der Waals surface area contributed by atoms with Gasteiger partial charge in [-0.15, -0.1) is 24.8 Å². The van der Waals surface area contributed by atoms with Gasteiger partial charge in [-0.05, 0) is 29.8 Å². The number of nitrogens with one attached hydrogen (secondary N) is 3. The van der Waals surface area contributed by atoms with Crippen LogP contribution >= 0.6 is 24.8 Å². The Morgan fingerprint density at radius 3 is 2.87 bits per heavy atom. The van der Waals surface area contributed by atoms with Crippen molar-refractivity contribution in [1.82, 2.24) is 15.3 Å². The van der Waals surface area contributed by atoms with E-state index >= 15 is 0 Å². The van der Waals surface area contributed by atoms with Crippen molar-refractivity contribution < 1.29 is 4.39 Å². The summed E-state index contributed by atoms with van der Waals surface area (Å²) in [5.74, 6) is -0.247. The molecule has 3 heterocycles. The Morgan fingerprint density at radius 2 is 2.04 bits per heavy atom. The van der Waals surface area contributed by atoms with Gasteiger partial charge in [0.05, 0.1) is 5.69 Å². The molecular weight excluding hydrogens is 338 g/mol. The number of hydrogen-bond acceptors (Lipinski definition) is 3. The van der Waals surface area contributed by atoms with E-state index in [9.17, 15) is 4.39 Å². The number of fused-ring (bicyclic) bond motifs is 3. The minimum atomic E-state index is -0.247. The molecule has 4 nitrogen and oxygen atoms in total. The van der Waals surface area contributed by atoms with Crippen molar-refractivity contribution >= 4 is 47.2 Å². The predicted octanol–water partition coefficient (Wildman–Crippen LogP) is 3.93. The molecule has 0 fully saturated rings. The van der Waals surface area contributed by atoms with E-state index in [0.29, 0.717) is 0 Å². The minimum Gasteiger partial charge on any atom is -0.355 e. The molecule has 1 aliphatic heterocycles. The molecule has 7 heteroatoms. The lowest BCUT2D eigenvalue weighted by Crippen LogP contribution is -2.23. The summed E-state index contributed by atoms with van der Waals surface area (Å²) in [5.41, 5.74) is 5.06. The van der Waals surface area contributed by atoms with Crippen molar-refractivity contribution in [1.29, 1.82) is 0 Å². The summed E-state index contributed by atoms with van der Waals surface area (Å²) in [6, 6.07) is 8.41. The second-order valence-electron chi connectivity index (χ2n) is 5.23. The van der Waals surface area contributed by atoms with E-state index < -0.39 is 0 Å². The summed E-state index contributed by atoms with van der Waals surface area (Å²) in [7, 11) is 0. The lowest BCUT2D eigenvalue weighted by molar-refractivity contribution is 0.628. The highest BCUT2D eigenvalue weighted by atomic mass is 35.5. The molecule has 3 aromatic rings. The number of halogens is 3. The minimum absolute atomic E-state index is 0. The molecule has 0 saturated carbocycles. The van der Waals surface area contributed by atoms with Crippen molar-refractivity contribution in [3.8, 4) is 0 Å². The normalized spacial score (nSPS) is 12.9. The average molecular weight is 355 g/mol. The number of benzene rings is 1. The van der Waals surface area contributed by atoms with Gasteiger partial charge in [0.2, 0.25) is 0 Å². The molecule has 0 atom stereocenters. The summed E-state index contributed by atoms with van der Waals surface area (Å²) >= 11 is 0. The summed E-state index contributed by atoms with van der Waals surface area (Å²) in [4.78, 5) is 7.80. The number of rotatable bonds is 2. The number of H-pyrrole nitrogens is 1.